The van der Waals surface area contributed by atoms with Crippen molar-refractivity contribution in [2.75, 3.05) is 0 Å². The molecule has 0 bridgehead atoms. The molecule has 55 heavy (non-hydrogen) atoms. The molecule has 0 aliphatic rings. The van der Waals surface area contributed by atoms with Gasteiger partial charge >= 0.3 is 18.1 Å². The molecule has 7 unspecified atom stereocenters. The van der Waals surface area contributed by atoms with Gasteiger partial charge < -0.3 is 47.0 Å². The highest BCUT2D eigenvalue weighted by Crippen LogP contribution is 2.15. The first-order chi connectivity index (χ1) is 25.0. The molecule has 9 N–H and O–H groups in total. The van der Waals surface area contributed by atoms with Gasteiger partial charge in [0.25, 0.3) is 0 Å². The number of halogens is 3. The molecule has 5 amide bonds. The van der Waals surface area contributed by atoms with Crippen molar-refractivity contribution in [2.45, 2.75) is 157 Å². The van der Waals surface area contributed by atoms with Crippen molar-refractivity contribution >= 4 is 41.5 Å². The second-order valence-electron chi connectivity index (χ2n) is 15.6. The van der Waals surface area contributed by atoms with Crippen LogP contribution in [0.1, 0.15) is 108 Å². The summed E-state index contributed by atoms with van der Waals surface area (Å²) < 4.78 is 31.7. The molecule has 0 saturated heterocycles. The highest BCUT2D eigenvalue weighted by Gasteiger charge is 2.38. The molecule has 19 heteroatoms. The van der Waals surface area contributed by atoms with Crippen LogP contribution in [0.4, 0.5) is 13.2 Å². The maximum atomic E-state index is 13.5. The highest BCUT2D eigenvalue weighted by molar-refractivity contribution is 5.92. The van der Waals surface area contributed by atoms with Crippen LogP contribution in [0.25, 0.3) is 0 Å². The minimum absolute atomic E-state index is 0.0152. The van der Waals surface area contributed by atoms with Gasteiger partial charge in [-0.15, -0.1) is 0 Å². The third-order valence-electron chi connectivity index (χ3n) is 7.93. The van der Waals surface area contributed by atoms with Gasteiger partial charge in [0, 0.05) is 6.42 Å². The lowest BCUT2D eigenvalue weighted by molar-refractivity contribution is -0.192. The number of rotatable bonds is 22. The van der Waals surface area contributed by atoms with Gasteiger partial charge in [-0.05, 0) is 49.4 Å². The first-order valence-electron chi connectivity index (χ1n) is 18.4. The van der Waals surface area contributed by atoms with Gasteiger partial charge in [-0.2, -0.15) is 13.2 Å². The van der Waals surface area contributed by atoms with Crippen LogP contribution in [0.15, 0.2) is 0 Å². The van der Waals surface area contributed by atoms with Crippen molar-refractivity contribution in [1.82, 2.24) is 26.6 Å². The molecule has 0 saturated carbocycles. The summed E-state index contributed by atoms with van der Waals surface area (Å²) in [6, 6.07) is -4.61. The van der Waals surface area contributed by atoms with E-state index in [0.29, 0.717) is 12.8 Å². The number of aliphatic hydroxyl groups excluding tert-OH is 2. The molecule has 320 valence electrons. The lowest BCUT2D eigenvalue weighted by Crippen LogP contribution is -2.59. The predicted octanol–water partition coefficient (Wildman–Crippen LogP) is 2.10. The molecule has 0 radical (unpaired) electrons. The van der Waals surface area contributed by atoms with Crippen molar-refractivity contribution in [3.05, 3.63) is 0 Å². The van der Waals surface area contributed by atoms with E-state index >= 15 is 0 Å². The van der Waals surface area contributed by atoms with E-state index in [9.17, 15) is 52.2 Å². The van der Waals surface area contributed by atoms with Crippen molar-refractivity contribution < 1.29 is 67.2 Å². The lowest BCUT2D eigenvalue weighted by Gasteiger charge is -2.31. The van der Waals surface area contributed by atoms with E-state index < -0.39 is 97.0 Å². The Kier molecular flexibility index (Phi) is 24.3. The fraction of sp³-hybridized carbons (Fsp3) is 0.806. The number of nitrogens with one attached hydrogen (secondary N) is 5. The van der Waals surface area contributed by atoms with Crippen LogP contribution in [-0.4, -0.2) is 110 Å². The summed E-state index contributed by atoms with van der Waals surface area (Å²) in [4.78, 5) is 84.8. The van der Waals surface area contributed by atoms with Crippen LogP contribution in [0.3, 0.4) is 0 Å². The largest absolute Gasteiger partial charge is 0.490 e. The summed E-state index contributed by atoms with van der Waals surface area (Å²) in [5.41, 5.74) is 0. The molecule has 0 aliphatic carbocycles. The number of amides is 5. The Hall–Kier alpha value is -4.00. The van der Waals surface area contributed by atoms with Crippen LogP contribution in [0.2, 0.25) is 0 Å². The Balaban J connectivity index is 0. The normalized spacial score (nSPS) is 15.5. The number of hydrogen-bond donors (Lipinski definition) is 9. The van der Waals surface area contributed by atoms with Gasteiger partial charge in [-0.1, -0.05) is 69.2 Å². The topological polar surface area (TPSA) is 261 Å². The SMILES string of the molecule is CC(C)CC(=O)NC(C(=O)NC(C(=O)NC(CC(C)C)C(O)CC(=O)NC(C)C(=O)NC(CC(C)C)C(O)CC(=O)O)C(C)C)C(C)C.O=C(O)C(F)(F)F. The second-order valence-corrected chi connectivity index (χ2v) is 15.6. The van der Waals surface area contributed by atoms with Crippen LogP contribution in [0.5, 0.6) is 0 Å². The first kappa shape index (κ1) is 53.1. The molecule has 0 fully saturated rings. The van der Waals surface area contributed by atoms with Crippen LogP contribution in [-0.2, 0) is 33.6 Å². The number of hydrogen-bond acceptors (Lipinski definition) is 9. The molecule has 7 atom stereocenters. The van der Waals surface area contributed by atoms with Gasteiger partial charge in [0.2, 0.25) is 29.5 Å². The highest BCUT2D eigenvalue weighted by atomic mass is 19.4. The average Bonchev–Trinajstić information content (AvgIpc) is 2.99. The van der Waals surface area contributed by atoms with E-state index in [1.807, 2.05) is 41.5 Å². The fourth-order valence-corrected chi connectivity index (χ4v) is 5.16. The number of carboxylic acids is 2. The fourth-order valence-electron chi connectivity index (χ4n) is 5.16. The van der Waals surface area contributed by atoms with Gasteiger partial charge in [0.1, 0.15) is 18.1 Å². The summed E-state index contributed by atoms with van der Waals surface area (Å²) in [5.74, 6) is -7.01. The Morgan fingerprint density at radius 2 is 0.873 bits per heavy atom. The van der Waals surface area contributed by atoms with Crippen LogP contribution in [0, 0.1) is 29.6 Å². The summed E-state index contributed by atoms with van der Waals surface area (Å²) >= 11 is 0. The average molecular weight is 800 g/mol. The van der Waals surface area contributed by atoms with Crippen molar-refractivity contribution in [3.8, 4) is 0 Å². The maximum Gasteiger partial charge on any atom is 0.490 e. The minimum atomic E-state index is -5.08. The molecule has 0 rings (SSSR count). The van der Waals surface area contributed by atoms with E-state index in [1.54, 1.807) is 27.7 Å². The van der Waals surface area contributed by atoms with Crippen LogP contribution >= 0.6 is 0 Å². The van der Waals surface area contributed by atoms with Crippen LogP contribution < -0.4 is 26.6 Å². The van der Waals surface area contributed by atoms with Gasteiger partial charge in [-0.3, -0.25) is 28.8 Å². The third kappa shape index (κ3) is 23.5. The van der Waals surface area contributed by atoms with Crippen molar-refractivity contribution in [1.29, 1.82) is 0 Å². The number of alkyl halides is 3. The van der Waals surface area contributed by atoms with E-state index in [-0.39, 0.29) is 41.9 Å². The summed E-state index contributed by atoms with van der Waals surface area (Å²) in [6.45, 7) is 19.8. The molecule has 0 aromatic carbocycles. The molecule has 0 spiro atoms. The number of carboxylic acid groups (broad SMARTS) is 2. The zero-order valence-electron chi connectivity index (χ0n) is 33.7. The Bertz CT molecular complexity index is 1260. The Morgan fingerprint density at radius 1 is 0.509 bits per heavy atom. The van der Waals surface area contributed by atoms with Crippen molar-refractivity contribution in [2.24, 2.45) is 29.6 Å². The molecule has 0 aromatic heterocycles. The molecule has 16 nitrogen and oxygen atoms in total. The predicted molar refractivity (Wildman–Crippen MR) is 196 cm³/mol. The Morgan fingerprint density at radius 3 is 1.24 bits per heavy atom. The second kappa shape index (κ2) is 25.2. The van der Waals surface area contributed by atoms with E-state index in [4.69, 9.17) is 15.0 Å². The van der Waals surface area contributed by atoms with Crippen molar-refractivity contribution in [3.63, 3.8) is 0 Å². The number of carbonyl (C=O) groups excluding carboxylic acids is 5. The van der Waals surface area contributed by atoms with Gasteiger partial charge in [0.15, 0.2) is 0 Å². The minimum Gasteiger partial charge on any atom is -0.481 e. The van der Waals surface area contributed by atoms with E-state index in [1.165, 1.54) is 6.92 Å². The van der Waals surface area contributed by atoms with E-state index in [2.05, 4.69) is 26.6 Å². The summed E-state index contributed by atoms with van der Waals surface area (Å²) in [5, 5.41) is 51.0. The first-order valence-corrected chi connectivity index (χ1v) is 18.4. The molecule has 0 aromatic rings. The molecule has 0 aliphatic heterocycles. The molecule has 0 heterocycles. The smallest absolute Gasteiger partial charge is 0.481 e. The number of aliphatic hydroxyl groups is 2. The Labute approximate surface area is 321 Å². The zero-order chi connectivity index (χ0) is 43.5. The summed E-state index contributed by atoms with van der Waals surface area (Å²) in [7, 11) is 0. The zero-order valence-corrected chi connectivity index (χ0v) is 33.7. The maximum absolute atomic E-state index is 13.5. The molecular formula is C36H64F3N5O11. The van der Waals surface area contributed by atoms with Gasteiger partial charge in [0.05, 0.1) is 37.1 Å². The number of carbonyl (C=O) groups is 7. The monoisotopic (exact) mass is 799 g/mol. The number of aliphatic carboxylic acids is 2. The molecular weight excluding hydrogens is 735 g/mol. The lowest BCUT2D eigenvalue weighted by atomic mass is 9.95. The summed E-state index contributed by atoms with van der Waals surface area (Å²) in [6.07, 6.45) is -7.85. The van der Waals surface area contributed by atoms with Gasteiger partial charge in [-0.25, -0.2) is 4.79 Å². The standard InChI is InChI=1S/C34H63N5O9.C2HF3O2/c1-17(2)12-23(37-33(47)31(21(9)10)39-34(48)30(20(7)8)38-27(42)14-19(5)6)25(40)15-28(43)35-22(11)32(46)36-24(13-18(3)4)26(41)16-29(44)45;3-2(4,5)1(6)7/h17-26,30-31,40-41H,12-16H2,1-11H3,(H,35,43)(H,36,46)(H,37,47)(H,38,42)(H,39,48)(H,44,45);(H,6,7). The third-order valence-corrected chi connectivity index (χ3v) is 7.93. The quantitative estimate of drug-likeness (QED) is 0.0766. The van der Waals surface area contributed by atoms with E-state index in [0.717, 1.165) is 0 Å².